The van der Waals surface area contributed by atoms with Crippen molar-refractivity contribution in [2.45, 2.75) is 31.7 Å². The van der Waals surface area contributed by atoms with E-state index in [2.05, 4.69) is 10.6 Å². The van der Waals surface area contributed by atoms with Crippen LogP contribution in [0.5, 0.6) is 0 Å². The van der Waals surface area contributed by atoms with E-state index in [-0.39, 0.29) is 11.6 Å². The van der Waals surface area contributed by atoms with E-state index in [4.69, 9.17) is 0 Å². The zero-order chi connectivity index (χ0) is 15.0. The minimum Gasteiger partial charge on any atom is -0.381 e. The fourth-order valence-electron chi connectivity index (χ4n) is 2.81. The molecule has 0 bridgehead atoms. The molecule has 1 amide bonds. The van der Waals surface area contributed by atoms with Gasteiger partial charge in [0.25, 0.3) is 11.6 Å². The molecule has 21 heavy (non-hydrogen) atoms. The number of nitrogens with zero attached hydrogens (tertiary/aromatic N) is 1. The standard InChI is InChI=1S/C15H19N3O3/c1-16-15(19)12-8-11(18(20)21)6-7-13(12)17-14(9-2-3-9)10-4-5-10/h6-10,14,17H,2-5H2,1H3,(H,16,19). The van der Waals surface area contributed by atoms with Crippen molar-refractivity contribution in [3.05, 3.63) is 33.9 Å². The van der Waals surface area contributed by atoms with Gasteiger partial charge in [-0.05, 0) is 43.6 Å². The highest BCUT2D eigenvalue weighted by Crippen LogP contribution is 2.46. The molecule has 0 atom stereocenters. The van der Waals surface area contributed by atoms with Crippen LogP contribution in [-0.4, -0.2) is 23.9 Å². The molecule has 0 aromatic heterocycles. The van der Waals surface area contributed by atoms with Crippen LogP contribution in [0, 0.1) is 22.0 Å². The molecule has 0 unspecified atom stereocenters. The third-order valence-corrected chi connectivity index (χ3v) is 4.27. The van der Waals surface area contributed by atoms with Crippen molar-refractivity contribution in [3.8, 4) is 0 Å². The molecule has 3 rings (SSSR count). The minimum atomic E-state index is -0.477. The Labute approximate surface area is 123 Å². The predicted octanol–water partition coefficient (Wildman–Crippen LogP) is 2.55. The van der Waals surface area contributed by atoms with E-state index in [1.165, 1.54) is 44.9 Å². The smallest absolute Gasteiger partial charge is 0.270 e. The zero-order valence-electron chi connectivity index (χ0n) is 12.0. The summed E-state index contributed by atoms with van der Waals surface area (Å²) in [5.41, 5.74) is 0.982. The fourth-order valence-corrected chi connectivity index (χ4v) is 2.81. The first-order valence-electron chi connectivity index (χ1n) is 7.37. The Hall–Kier alpha value is -2.11. The van der Waals surface area contributed by atoms with E-state index in [0.717, 1.165) is 0 Å². The molecule has 0 heterocycles. The van der Waals surface area contributed by atoms with Gasteiger partial charge >= 0.3 is 0 Å². The summed E-state index contributed by atoms with van der Waals surface area (Å²) in [7, 11) is 1.53. The van der Waals surface area contributed by atoms with E-state index in [0.29, 0.717) is 29.1 Å². The summed E-state index contributed by atoms with van der Waals surface area (Å²) in [6.07, 6.45) is 4.93. The second-order valence-corrected chi connectivity index (χ2v) is 5.91. The fraction of sp³-hybridized carbons (Fsp3) is 0.533. The van der Waals surface area contributed by atoms with Gasteiger partial charge in [0, 0.05) is 30.9 Å². The number of non-ortho nitro benzene ring substituents is 1. The van der Waals surface area contributed by atoms with Gasteiger partial charge < -0.3 is 10.6 Å². The minimum absolute atomic E-state index is 0.0615. The number of nitro benzene ring substituents is 1. The van der Waals surface area contributed by atoms with Gasteiger partial charge in [0.05, 0.1) is 10.5 Å². The molecular formula is C15H19N3O3. The first-order valence-corrected chi connectivity index (χ1v) is 7.37. The molecule has 0 spiro atoms. The normalized spacial score (nSPS) is 17.6. The van der Waals surface area contributed by atoms with E-state index in [9.17, 15) is 14.9 Å². The van der Waals surface area contributed by atoms with Crippen LogP contribution in [0.2, 0.25) is 0 Å². The van der Waals surface area contributed by atoms with Gasteiger partial charge in [0.1, 0.15) is 0 Å². The number of rotatable bonds is 6. The molecule has 1 aromatic carbocycles. The highest BCUT2D eigenvalue weighted by atomic mass is 16.6. The van der Waals surface area contributed by atoms with Crippen LogP contribution in [0.25, 0.3) is 0 Å². The van der Waals surface area contributed by atoms with Gasteiger partial charge in [-0.3, -0.25) is 14.9 Å². The Balaban J connectivity index is 1.88. The maximum absolute atomic E-state index is 12.0. The lowest BCUT2D eigenvalue weighted by molar-refractivity contribution is -0.384. The zero-order valence-corrected chi connectivity index (χ0v) is 12.0. The third kappa shape index (κ3) is 2.99. The van der Waals surface area contributed by atoms with Gasteiger partial charge in [0.15, 0.2) is 0 Å². The Morgan fingerprint density at radius 1 is 1.29 bits per heavy atom. The maximum atomic E-state index is 12.0. The molecule has 2 aliphatic rings. The number of benzene rings is 1. The number of nitrogens with one attached hydrogen (secondary N) is 2. The molecule has 2 fully saturated rings. The van der Waals surface area contributed by atoms with Crippen LogP contribution in [0.4, 0.5) is 11.4 Å². The predicted molar refractivity (Wildman–Crippen MR) is 79.3 cm³/mol. The Bertz CT molecular complexity index is 568. The van der Waals surface area contributed by atoms with E-state index >= 15 is 0 Å². The molecule has 112 valence electrons. The SMILES string of the molecule is CNC(=O)c1cc([N+](=O)[O-])ccc1NC(C1CC1)C1CC1. The lowest BCUT2D eigenvalue weighted by Gasteiger charge is -2.20. The Kier molecular flexibility index (Phi) is 3.53. The van der Waals surface area contributed by atoms with Crippen molar-refractivity contribution in [3.63, 3.8) is 0 Å². The van der Waals surface area contributed by atoms with E-state index < -0.39 is 4.92 Å². The summed E-state index contributed by atoms with van der Waals surface area (Å²) in [6.45, 7) is 0. The molecule has 0 saturated heterocycles. The molecule has 0 aliphatic heterocycles. The second kappa shape index (κ2) is 5.35. The topological polar surface area (TPSA) is 84.3 Å². The van der Waals surface area contributed by atoms with Crippen molar-refractivity contribution in [2.24, 2.45) is 11.8 Å². The highest BCUT2D eigenvalue weighted by Gasteiger charge is 2.41. The molecule has 2 N–H and O–H groups in total. The molecule has 2 aliphatic carbocycles. The van der Waals surface area contributed by atoms with Gasteiger partial charge in [-0.15, -0.1) is 0 Å². The molecule has 1 aromatic rings. The first-order chi connectivity index (χ1) is 10.1. The monoisotopic (exact) mass is 289 g/mol. The van der Waals surface area contributed by atoms with Crippen LogP contribution < -0.4 is 10.6 Å². The van der Waals surface area contributed by atoms with Gasteiger partial charge in [-0.1, -0.05) is 0 Å². The summed E-state index contributed by atoms with van der Waals surface area (Å²) >= 11 is 0. The van der Waals surface area contributed by atoms with Crippen molar-refractivity contribution in [1.29, 1.82) is 0 Å². The maximum Gasteiger partial charge on any atom is 0.270 e. The van der Waals surface area contributed by atoms with Crippen LogP contribution in [-0.2, 0) is 0 Å². The van der Waals surface area contributed by atoms with E-state index in [1.54, 1.807) is 6.07 Å². The number of anilines is 1. The molecule has 6 nitrogen and oxygen atoms in total. The molecule has 0 radical (unpaired) electrons. The summed E-state index contributed by atoms with van der Waals surface area (Å²) in [6, 6.07) is 4.85. The molecule has 6 heteroatoms. The van der Waals surface area contributed by atoms with Gasteiger partial charge in [0.2, 0.25) is 0 Å². The van der Waals surface area contributed by atoms with Crippen molar-refractivity contribution >= 4 is 17.3 Å². The van der Waals surface area contributed by atoms with Crippen molar-refractivity contribution < 1.29 is 9.72 Å². The average Bonchev–Trinajstić information content (AvgIpc) is 3.37. The third-order valence-electron chi connectivity index (χ3n) is 4.27. The number of amides is 1. The lowest BCUT2D eigenvalue weighted by Crippen LogP contribution is -2.27. The molecule has 2 saturated carbocycles. The van der Waals surface area contributed by atoms with Crippen LogP contribution in [0.15, 0.2) is 18.2 Å². The van der Waals surface area contributed by atoms with Crippen LogP contribution in [0.3, 0.4) is 0 Å². The average molecular weight is 289 g/mol. The van der Waals surface area contributed by atoms with Crippen molar-refractivity contribution in [2.75, 3.05) is 12.4 Å². The second-order valence-electron chi connectivity index (χ2n) is 5.91. The number of hydrogen-bond donors (Lipinski definition) is 2. The number of carbonyl (C=O) groups is 1. The number of nitro groups is 1. The van der Waals surface area contributed by atoms with Gasteiger partial charge in [-0.25, -0.2) is 0 Å². The lowest BCUT2D eigenvalue weighted by atomic mass is 10.0. The Morgan fingerprint density at radius 3 is 2.38 bits per heavy atom. The van der Waals surface area contributed by atoms with E-state index in [1.807, 2.05) is 0 Å². The number of carbonyl (C=O) groups excluding carboxylic acids is 1. The van der Waals surface area contributed by atoms with Gasteiger partial charge in [-0.2, -0.15) is 0 Å². The number of hydrogen-bond acceptors (Lipinski definition) is 4. The van der Waals surface area contributed by atoms with Crippen LogP contribution >= 0.6 is 0 Å². The summed E-state index contributed by atoms with van der Waals surface area (Å²) in [5, 5.41) is 16.9. The summed E-state index contributed by atoms with van der Waals surface area (Å²) in [5.74, 6) is 1.07. The van der Waals surface area contributed by atoms with Crippen molar-refractivity contribution in [1.82, 2.24) is 5.32 Å². The largest absolute Gasteiger partial charge is 0.381 e. The summed E-state index contributed by atoms with van der Waals surface area (Å²) in [4.78, 5) is 22.4. The quantitative estimate of drug-likeness (QED) is 0.622. The van der Waals surface area contributed by atoms with Crippen LogP contribution in [0.1, 0.15) is 36.0 Å². The summed E-state index contributed by atoms with van der Waals surface area (Å²) < 4.78 is 0. The first kappa shape index (κ1) is 13.9. The Morgan fingerprint density at radius 2 is 1.90 bits per heavy atom. The highest BCUT2D eigenvalue weighted by molar-refractivity contribution is 6.00. The molecular weight excluding hydrogens is 270 g/mol.